The zero-order chi connectivity index (χ0) is 22.5. The second-order valence-electron chi connectivity index (χ2n) is 7.37. The molecule has 0 unspecified atom stereocenters. The maximum atomic E-state index is 12.7. The van der Waals surface area contributed by atoms with Crippen molar-refractivity contribution in [3.63, 3.8) is 0 Å². The number of fused-ring (bicyclic) bond motifs is 1. The molecule has 7 heteroatoms. The summed E-state index contributed by atoms with van der Waals surface area (Å²) in [4.78, 5) is 28.5. The minimum Gasteiger partial charge on any atom is -0.497 e. The number of aromatic amines is 1. The zero-order valence-electron chi connectivity index (χ0n) is 18.1. The Balaban J connectivity index is 1.58. The minimum absolute atomic E-state index is 0.190. The van der Waals surface area contributed by atoms with Crippen LogP contribution in [0.3, 0.4) is 0 Å². The third-order valence-electron chi connectivity index (χ3n) is 5.08. The van der Waals surface area contributed by atoms with Gasteiger partial charge in [0.15, 0.2) is 0 Å². The molecular formula is C25H25N3O4. The lowest BCUT2D eigenvalue weighted by molar-refractivity contribution is 0.0946. The van der Waals surface area contributed by atoms with E-state index in [0.717, 1.165) is 28.9 Å². The van der Waals surface area contributed by atoms with E-state index in [4.69, 9.17) is 9.47 Å². The van der Waals surface area contributed by atoms with E-state index >= 15 is 0 Å². The molecule has 0 atom stereocenters. The highest BCUT2D eigenvalue weighted by molar-refractivity contribution is 5.97. The van der Waals surface area contributed by atoms with Crippen molar-refractivity contribution in [2.75, 3.05) is 13.7 Å². The van der Waals surface area contributed by atoms with Crippen molar-refractivity contribution >= 4 is 16.9 Å². The number of nitrogens with one attached hydrogen (secondary N) is 2. The summed E-state index contributed by atoms with van der Waals surface area (Å²) in [6.45, 7) is 3.04. The van der Waals surface area contributed by atoms with Crippen LogP contribution in [0.2, 0.25) is 0 Å². The predicted molar refractivity (Wildman–Crippen MR) is 124 cm³/mol. The van der Waals surface area contributed by atoms with Crippen molar-refractivity contribution in [1.29, 1.82) is 0 Å². The van der Waals surface area contributed by atoms with Crippen LogP contribution in [0.4, 0.5) is 0 Å². The molecule has 0 bridgehead atoms. The van der Waals surface area contributed by atoms with E-state index in [1.807, 2.05) is 55.5 Å². The number of hydrogen-bond acceptors (Lipinski definition) is 4. The lowest BCUT2D eigenvalue weighted by Crippen LogP contribution is -2.23. The van der Waals surface area contributed by atoms with E-state index in [9.17, 15) is 9.59 Å². The maximum Gasteiger partial charge on any atom is 0.268 e. The van der Waals surface area contributed by atoms with Gasteiger partial charge in [0.1, 0.15) is 22.8 Å². The maximum absolute atomic E-state index is 12.7. The number of benzene rings is 2. The number of rotatable bonds is 8. The van der Waals surface area contributed by atoms with Crippen molar-refractivity contribution in [3.8, 4) is 17.2 Å². The fourth-order valence-electron chi connectivity index (χ4n) is 3.47. The van der Waals surface area contributed by atoms with Gasteiger partial charge in [-0.25, -0.2) is 0 Å². The molecule has 1 amide bonds. The third kappa shape index (κ3) is 4.51. The highest BCUT2D eigenvalue weighted by Gasteiger charge is 2.14. The minimum atomic E-state index is -0.258. The van der Waals surface area contributed by atoms with Crippen LogP contribution in [0.15, 0.2) is 71.5 Å². The van der Waals surface area contributed by atoms with Crippen LogP contribution in [-0.4, -0.2) is 29.2 Å². The summed E-state index contributed by atoms with van der Waals surface area (Å²) in [5, 5.41) is 3.66. The molecule has 2 aromatic heterocycles. The Morgan fingerprint density at radius 3 is 2.59 bits per heavy atom. The largest absolute Gasteiger partial charge is 0.497 e. The number of aromatic nitrogens is 2. The normalized spacial score (nSPS) is 10.8. The molecular weight excluding hydrogens is 406 g/mol. The lowest BCUT2D eigenvalue weighted by Gasteiger charge is -2.09. The third-order valence-corrected chi connectivity index (χ3v) is 5.08. The highest BCUT2D eigenvalue weighted by Crippen LogP contribution is 2.20. The smallest absolute Gasteiger partial charge is 0.268 e. The average Bonchev–Trinajstić information content (AvgIpc) is 3.26. The molecule has 7 nitrogen and oxygen atoms in total. The SMILES string of the molecule is CCCOc1ccc(-n2c(=O)ccc3cc(C(=O)NCc4cccc(OC)c4)[nH]c32)cc1. The first-order valence-electron chi connectivity index (χ1n) is 10.5. The number of carbonyl (C=O) groups excluding carboxylic acids is 1. The number of ether oxygens (including phenoxy) is 2. The molecule has 0 aliphatic rings. The van der Waals surface area contributed by atoms with Crippen LogP contribution in [0.5, 0.6) is 11.5 Å². The van der Waals surface area contributed by atoms with Crippen molar-refractivity contribution in [3.05, 3.63) is 88.3 Å². The zero-order valence-corrected chi connectivity index (χ0v) is 18.1. The molecule has 4 rings (SSSR count). The monoisotopic (exact) mass is 431 g/mol. The Labute approximate surface area is 185 Å². The standard InChI is InChI=1S/C25H25N3O4/c1-3-13-32-20-10-8-19(9-11-20)28-23(29)12-7-18-15-22(27-24(18)28)25(30)26-16-17-5-4-6-21(14-17)31-2/h4-12,14-15,27H,3,13,16H2,1-2H3,(H,26,30). The van der Waals surface area contributed by atoms with Crippen LogP contribution in [0.1, 0.15) is 29.4 Å². The van der Waals surface area contributed by atoms with E-state index in [-0.39, 0.29) is 11.5 Å². The van der Waals surface area contributed by atoms with Crippen LogP contribution in [0.25, 0.3) is 16.7 Å². The van der Waals surface area contributed by atoms with Gasteiger partial charge in [-0.15, -0.1) is 0 Å². The number of methoxy groups -OCH3 is 1. The summed E-state index contributed by atoms with van der Waals surface area (Å²) in [6, 6.07) is 19.8. The summed E-state index contributed by atoms with van der Waals surface area (Å²) in [7, 11) is 1.60. The molecule has 4 aromatic rings. The van der Waals surface area contributed by atoms with Crippen molar-refractivity contribution in [1.82, 2.24) is 14.9 Å². The molecule has 2 aromatic carbocycles. The second-order valence-corrected chi connectivity index (χ2v) is 7.37. The number of nitrogens with zero attached hydrogens (tertiary/aromatic N) is 1. The Morgan fingerprint density at radius 1 is 1.03 bits per heavy atom. The van der Waals surface area contributed by atoms with E-state index in [0.29, 0.717) is 30.2 Å². The predicted octanol–water partition coefficient (Wildman–Crippen LogP) is 4.05. The first kappa shape index (κ1) is 21.2. The molecule has 0 fully saturated rings. The lowest BCUT2D eigenvalue weighted by atomic mass is 10.2. The molecule has 0 saturated carbocycles. The molecule has 164 valence electrons. The van der Waals surface area contributed by atoms with Gasteiger partial charge in [-0.05, 0) is 60.5 Å². The first-order valence-corrected chi connectivity index (χ1v) is 10.5. The number of pyridine rings is 1. The van der Waals surface area contributed by atoms with Gasteiger partial charge in [-0.3, -0.25) is 14.2 Å². The molecule has 2 N–H and O–H groups in total. The van der Waals surface area contributed by atoms with Crippen molar-refractivity contribution in [2.45, 2.75) is 19.9 Å². The Kier molecular flexibility index (Phi) is 6.26. The second kappa shape index (κ2) is 9.43. The van der Waals surface area contributed by atoms with Gasteiger partial charge >= 0.3 is 0 Å². The first-order chi connectivity index (χ1) is 15.6. The Hall–Kier alpha value is -4.00. The van der Waals surface area contributed by atoms with Crippen molar-refractivity contribution < 1.29 is 14.3 Å². The molecule has 2 heterocycles. The summed E-state index contributed by atoms with van der Waals surface area (Å²) in [5.74, 6) is 1.23. The number of H-pyrrole nitrogens is 1. The van der Waals surface area contributed by atoms with Gasteiger partial charge < -0.3 is 19.8 Å². The summed E-state index contributed by atoms with van der Waals surface area (Å²) in [6.07, 6.45) is 0.922. The quantitative estimate of drug-likeness (QED) is 0.441. The van der Waals surface area contributed by atoms with E-state index < -0.39 is 0 Å². The molecule has 0 radical (unpaired) electrons. The Morgan fingerprint density at radius 2 is 1.84 bits per heavy atom. The van der Waals surface area contributed by atoms with E-state index in [2.05, 4.69) is 10.3 Å². The van der Waals surface area contributed by atoms with E-state index in [1.165, 1.54) is 6.07 Å². The van der Waals surface area contributed by atoms with E-state index in [1.54, 1.807) is 23.8 Å². The average molecular weight is 431 g/mol. The van der Waals surface area contributed by atoms with Crippen LogP contribution >= 0.6 is 0 Å². The van der Waals surface area contributed by atoms with Gasteiger partial charge in [0.2, 0.25) is 0 Å². The number of carbonyl (C=O) groups is 1. The van der Waals surface area contributed by atoms with Crippen LogP contribution in [0, 0.1) is 0 Å². The van der Waals surface area contributed by atoms with Gasteiger partial charge in [0, 0.05) is 18.0 Å². The molecule has 0 aliphatic heterocycles. The molecule has 0 aliphatic carbocycles. The topological polar surface area (TPSA) is 85.3 Å². The Bertz CT molecular complexity index is 1290. The van der Waals surface area contributed by atoms with Gasteiger partial charge in [0.05, 0.1) is 19.4 Å². The summed E-state index contributed by atoms with van der Waals surface area (Å²) >= 11 is 0. The van der Waals surface area contributed by atoms with Crippen LogP contribution < -0.4 is 20.3 Å². The van der Waals surface area contributed by atoms with Gasteiger partial charge in [-0.2, -0.15) is 0 Å². The van der Waals surface area contributed by atoms with Gasteiger partial charge in [0.25, 0.3) is 11.5 Å². The molecule has 0 spiro atoms. The number of amides is 1. The summed E-state index contributed by atoms with van der Waals surface area (Å²) < 4.78 is 12.4. The molecule has 0 saturated heterocycles. The van der Waals surface area contributed by atoms with Gasteiger partial charge in [-0.1, -0.05) is 19.1 Å². The highest BCUT2D eigenvalue weighted by atomic mass is 16.5. The molecule has 32 heavy (non-hydrogen) atoms. The fraction of sp³-hybridized carbons (Fsp3) is 0.200. The van der Waals surface area contributed by atoms with Crippen LogP contribution in [-0.2, 0) is 6.54 Å². The number of hydrogen-bond donors (Lipinski definition) is 2. The fourth-order valence-corrected chi connectivity index (χ4v) is 3.47. The van der Waals surface area contributed by atoms with Crippen molar-refractivity contribution in [2.24, 2.45) is 0 Å². The summed E-state index contributed by atoms with van der Waals surface area (Å²) in [5.41, 5.74) is 2.37.